The van der Waals surface area contributed by atoms with Crippen molar-refractivity contribution >= 4 is 15.7 Å². The van der Waals surface area contributed by atoms with Crippen molar-refractivity contribution < 1.29 is 8.42 Å². The maximum Gasteiger partial charge on any atom is 0.283 e. The summed E-state index contributed by atoms with van der Waals surface area (Å²) < 4.78 is 29.1. The first-order valence-electron chi connectivity index (χ1n) is 13.6. The number of nitrogens with zero attached hydrogens (tertiary/aromatic N) is 7. The smallest absolute Gasteiger partial charge is 0.237 e. The van der Waals surface area contributed by atoms with Gasteiger partial charge in [-0.15, -0.1) is 15.3 Å². The third-order valence-corrected chi connectivity index (χ3v) is 8.39. The zero-order chi connectivity index (χ0) is 29.3. The standard InChI is InChI=1S/C30H29N9O2S/c1-4-5-14-26-27(29-33-30(42(40,41)31-3)36-39(29)19(2)32-26)24-12-8-6-10-22(24)20-15-17-21(18-16-20)23-11-7-9-13-25(23)28-34-37-38-35-28/h6-13,15-18,31H,4-5,14H2,1-3H3,(H,34,35,37,38). The zero-order valence-electron chi connectivity index (χ0n) is 23.4. The van der Waals surface area contributed by atoms with Crippen LogP contribution in [0.3, 0.4) is 0 Å². The van der Waals surface area contributed by atoms with Crippen LogP contribution in [0.15, 0.2) is 78.0 Å². The minimum atomic E-state index is -3.85. The summed E-state index contributed by atoms with van der Waals surface area (Å²) in [5.74, 6) is 1.11. The molecule has 42 heavy (non-hydrogen) atoms. The second kappa shape index (κ2) is 11.2. The van der Waals surface area contributed by atoms with Crippen molar-refractivity contribution in [2.75, 3.05) is 7.05 Å². The molecule has 3 heterocycles. The largest absolute Gasteiger partial charge is 0.283 e. The van der Waals surface area contributed by atoms with E-state index in [4.69, 9.17) is 4.98 Å². The summed E-state index contributed by atoms with van der Waals surface area (Å²) >= 11 is 0. The number of unbranched alkanes of at least 4 members (excludes halogenated alkanes) is 1. The van der Waals surface area contributed by atoms with Gasteiger partial charge in [0.2, 0.25) is 5.82 Å². The normalized spacial score (nSPS) is 11.8. The van der Waals surface area contributed by atoms with Crippen LogP contribution in [0.25, 0.3) is 50.4 Å². The molecule has 212 valence electrons. The number of nitrogens with one attached hydrogen (secondary N) is 2. The van der Waals surface area contributed by atoms with Gasteiger partial charge in [-0.25, -0.2) is 18.1 Å². The molecule has 3 aromatic carbocycles. The van der Waals surface area contributed by atoms with E-state index >= 15 is 0 Å². The van der Waals surface area contributed by atoms with Crippen LogP contribution in [0.2, 0.25) is 0 Å². The number of benzene rings is 3. The van der Waals surface area contributed by atoms with Crippen molar-refractivity contribution in [2.45, 2.75) is 38.3 Å². The molecule has 0 bridgehead atoms. The van der Waals surface area contributed by atoms with Gasteiger partial charge in [0.05, 0.1) is 5.69 Å². The van der Waals surface area contributed by atoms with Gasteiger partial charge in [-0.3, -0.25) is 0 Å². The highest BCUT2D eigenvalue weighted by Gasteiger charge is 2.25. The lowest BCUT2D eigenvalue weighted by Crippen LogP contribution is -2.20. The Bertz CT molecular complexity index is 1980. The van der Waals surface area contributed by atoms with E-state index in [1.54, 1.807) is 0 Å². The Kier molecular flexibility index (Phi) is 7.31. The van der Waals surface area contributed by atoms with Crippen LogP contribution in [0.4, 0.5) is 0 Å². The van der Waals surface area contributed by atoms with Gasteiger partial charge in [0, 0.05) is 11.1 Å². The predicted octanol–water partition coefficient (Wildman–Crippen LogP) is 4.86. The van der Waals surface area contributed by atoms with Crippen LogP contribution >= 0.6 is 0 Å². The number of aromatic nitrogens is 8. The highest BCUT2D eigenvalue weighted by atomic mass is 32.2. The van der Waals surface area contributed by atoms with E-state index in [-0.39, 0.29) is 5.16 Å². The molecule has 3 aromatic heterocycles. The topological polar surface area (TPSA) is 144 Å². The monoisotopic (exact) mass is 579 g/mol. The van der Waals surface area contributed by atoms with Crippen molar-refractivity contribution in [3.8, 4) is 44.8 Å². The van der Waals surface area contributed by atoms with Gasteiger partial charge in [-0.1, -0.05) is 86.1 Å². The minimum Gasteiger partial charge on any atom is -0.237 e. The molecular formula is C30H29N9O2S. The van der Waals surface area contributed by atoms with Gasteiger partial charge in [0.15, 0.2) is 5.65 Å². The first-order valence-corrected chi connectivity index (χ1v) is 15.1. The molecule has 0 aliphatic carbocycles. The summed E-state index contributed by atoms with van der Waals surface area (Å²) in [6.45, 7) is 3.94. The third kappa shape index (κ3) is 4.95. The molecule has 12 heteroatoms. The molecule has 2 N–H and O–H groups in total. The average molecular weight is 580 g/mol. The van der Waals surface area contributed by atoms with Gasteiger partial charge in [0.25, 0.3) is 15.2 Å². The molecule has 0 aliphatic heterocycles. The molecule has 0 atom stereocenters. The fourth-order valence-corrected chi connectivity index (χ4v) is 5.68. The lowest BCUT2D eigenvalue weighted by molar-refractivity contribution is 0.578. The van der Waals surface area contributed by atoms with E-state index in [2.05, 4.69) is 72.7 Å². The lowest BCUT2D eigenvalue weighted by atomic mass is 9.91. The molecule has 0 saturated heterocycles. The summed E-state index contributed by atoms with van der Waals surface area (Å²) in [7, 11) is -2.51. The molecule has 0 amide bonds. The molecule has 0 fully saturated rings. The number of H-pyrrole nitrogens is 1. The molecule has 6 aromatic rings. The summed E-state index contributed by atoms with van der Waals surface area (Å²) in [5, 5.41) is 18.6. The summed E-state index contributed by atoms with van der Waals surface area (Å²) in [5.41, 5.74) is 7.86. The van der Waals surface area contributed by atoms with E-state index < -0.39 is 10.0 Å². The van der Waals surface area contributed by atoms with E-state index in [9.17, 15) is 8.42 Å². The Morgan fingerprint density at radius 2 is 1.48 bits per heavy atom. The first-order chi connectivity index (χ1) is 20.4. The lowest BCUT2D eigenvalue weighted by Gasteiger charge is -2.16. The minimum absolute atomic E-state index is 0.286. The quantitative estimate of drug-likeness (QED) is 0.247. The Labute approximate surface area is 243 Å². The van der Waals surface area contributed by atoms with Crippen molar-refractivity contribution in [1.82, 2.24) is 44.9 Å². The number of fused-ring (bicyclic) bond motifs is 1. The number of rotatable bonds is 9. The summed E-state index contributed by atoms with van der Waals surface area (Å²) in [4.78, 5) is 9.41. The second-order valence-electron chi connectivity index (χ2n) is 9.83. The molecular weight excluding hydrogens is 550 g/mol. The molecule has 0 unspecified atom stereocenters. The van der Waals surface area contributed by atoms with Gasteiger partial charge in [-0.05, 0) is 59.8 Å². The van der Waals surface area contributed by atoms with Crippen LogP contribution in [0.5, 0.6) is 0 Å². The maximum atomic E-state index is 12.6. The molecule has 6 rings (SSSR count). The summed E-state index contributed by atoms with van der Waals surface area (Å²) in [6, 6.07) is 24.3. The average Bonchev–Trinajstić information content (AvgIpc) is 3.72. The van der Waals surface area contributed by atoms with Gasteiger partial charge < -0.3 is 0 Å². The number of aryl methyl sites for hydroxylation is 2. The number of aromatic amines is 1. The van der Waals surface area contributed by atoms with Crippen molar-refractivity contribution in [1.29, 1.82) is 0 Å². The van der Waals surface area contributed by atoms with Crippen LogP contribution in [-0.4, -0.2) is 55.7 Å². The molecule has 0 radical (unpaired) electrons. The van der Waals surface area contributed by atoms with Gasteiger partial charge in [-0.2, -0.15) is 14.7 Å². The van der Waals surface area contributed by atoms with Crippen molar-refractivity contribution in [3.05, 3.63) is 84.3 Å². The number of tetrazole rings is 1. The first kappa shape index (κ1) is 27.4. The van der Waals surface area contributed by atoms with Gasteiger partial charge in [0.1, 0.15) is 5.82 Å². The highest BCUT2D eigenvalue weighted by Crippen LogP contribution is 2.38. The van der Waals surface area contributed by atoms with Gasteiger partial charge >= 0.3 is 0 Å². The van der Waals surface area contributed by atoms with E-state index in [1.807, 2.05) is 49.4 Å². The maximum absolute atomic E-state index is 12.6. The van der Waals surface area contributed by atoms with E-state index in [1.165, 1.54) is 11.6 Å². The van der Waals surface area contributed by atoms with E-state index in [0.29, 0.717) is 17.3 Å². The number of hydrogen-bond acceptors (Lipinski definition) is 8. The number of hydrogen-bond donors (Lipinski definition) is 2. The molecule has 11 nitrogen and oxygen atoms in total. The SMILES string of the molecule is CCCCc1nc(C)n2nc(S(=O)(=O)NC)nc2c1-c1ccccc1-c1ccc(-c2ccccc2-c2nn[nH]n2)cc1. The Balaban J connectivity index is 1.50. The van der Waals surface area contributed by atoms with Crippen molar-refractivity contribution in [2.24, 2.45) is 0 Å². The fraction of sp³-hybridized carbons (Fsp3) is 0.200. The van der Waals surface area contributed by atoms with Crippen molar-refractivity contribution in [3.63, 3.8) is 0 Å². The Hall–Kier alpha value is -4.81. The van der Waals surface area contributed by atoms with E-state index in [0.717, 1.165) is 63.9 Å². The fourth-order valence-electron chi connectivity index (χ4n) is 5.10. The predicted molar refractivity (Wildman–Crippen MR) is 160 cm³/mol. The number of sulfonamides is 1. The Morgan fingerprint density at radius 3 is 2.07 bits per heavy atom. The third-order valence-electron chi connectivity index (χ3n) is 7.20. The second-order valence-corrected chi connectivity index (χ2v) is 11.6. The highest BCUT2D eigenvalue weighted by molar-refractivity contribution is 7.89. The van der Waals surface area contributed by atoms with Crippen LogP contribution in [0, 0.1) is 6.92 Å². The van der Waals surface area contributed by atoms with Crippen LogP contribution in [-0.2, 0) is 16.4 Å². The van der Waals surface area contributed by atoms with Crippen LogP contribution in [0.1, 0.15) is 31.3 Å². The Morgan fingerprint density at radius 1 is 0.857 bits per heavy atom. The molecule has 0 saturated carbocycles. The molecule has 0 aliphatic rings. The summed E-state index contributed by atoms with van der Waals surface area (Å²) in [6.07, 6.45) is 2.65. The zero-order valence-corrected chi connectivity index (χ0v) is 24.2. The molecule has 0 spiro atoms. The van der Waals surface area contributed by atoms with Crippen LogP contribution < -0.4 is 4.72 Å².